The highest BCUT2D eigenvalue weighted by atomic mass is 35.5. The van der Waals surface area contributed by atoms with Crippen LogP contribution >= 0.6 is 22.9 Å². The zero-order valence-electron chi connectivity index (χ0n) is 16.8. The Morgan fingerprint density at radius 3 is 2.68 bits per heavy atom. The van der Waals surface area contributed by atoms with E-state index in [0.29, 0.717) is 28.0 Å². The molecule has 9 nitrogen and oxygen atoms in total. The molecule has 1 N–H and O–H groups in total. The second kappa shape index (κ2) is 8.58. The van der Waals surface area contributed by atoms with Gasteiger partial charge in [-0.05, 0) is 24.3 Å². The molecule has 1 saturated heterocycles. The number of carbonyl (C=O) groups is 1. The zero-order chi connectivity index (χ0) is 22.2. The molecule has 1 fully saturated rings. The van der Waals surface area contributed by atoms with E-state index in [9.17, 15) is 13.2 Å². The first kappa shape index (κ1) is 21.8. The van der Waals surface area contributed by atoms with Crippen molar-refractivity contribution in [1.82, 2.24) is 19.1 Å². The zero-order valence-corrected chi connectivity index (χ0v) is 19.2. The largest absolute Gasteiger partial charge is 0.496 e. The van der Waals surface area contributed by atoms with Crippen LogP contribution in [-0.2, 0) is 16.6 Å². The number of para-hydroxylation sites is 1. The first-order chi connectivity index (χ1) is 14.8. The number of thiophene rings is 1. The van der Waals surface area contributed by atoms with Gasteiger partial charge in [-0.25, -0.2) is 12.7 Å². The summed E-state index contributed by atoms with van der Waals surface area (Å²) in [5.74, 6) is 0.524. The molecular weight excluding hydrogens is 462 g/mol. The average molecular weight is 482 g/mol. The normalized spacial score (nSPS) is 14.9. The number of halogens is 1. The maximum Gasteiger partial charge on any atom is 0.285 e. The van der Waals surface area contributed by atoms with Crippen LogP contribution in [0.25, 0.3) is 0 Å². The number of benzene rings is 1. The fraction of sp³-hybridized carbons (Fsp3) is 0.316. The lowest BCUT2D eigenvalue weighted by atomic mass is 10.0. The number of nitrogens with one attached hydrogen (secondary N) is 1. The van der Waals surface area contributed by atoms with Crippen LogP contribution in [-0.4, -0.2) is 59.8 Å². The highest BCUT2D eigenvalue weighted by molar-refractivity contribution is 7.88. The van der Waals surface area contributed by atoms with Crippen LogP contribution in [0.2, 0.25) is 4.34 Å². The number of aromatic nitrogens is 3. The van der Waals surface area contributed by atoms with Gasteiger partial charge in [0.05, 0.1) is 29.8 Å². The second-order valence-corrected chi connectivity index (χ2v) is 10.8. The number of methoxy groups -OCH3 is 1. The Morgan fingerprint density at radius 2 is 2.03 bits per heavy atom. The average Bonchev–Trinajstić information content (AvgIpc) is 3.29. The molecule has 0 saturated carbocycles. The Kier molecular flexibility index (Phi) is 6.02. The van der Waals surface area contributed by atoms with E-state index in [1.165, 1.54) is 33.7 Å². The minimum absolute atomic E-state index is 0.182. The smallest absolute Gasteiger partial charge is 0.285 e. The van der Waals surface area contributed by atoms with E-state index >= 15 is 0 Å². The van der Waals surface area contributed by atoms with Gasteiger partial charge in [-0.3, -0.25) is 4.79 Å². The van der Waals surface area contributed by atoms with Crippen LogP contribution in [0.1, 0.15) is 27.0 Å². The highest BCUT2D eigenvalue weighted by Crippen LogP contribution is 2.29. The lowest BCUT2D eigenvalue weighted by molar-refractivity contribution is 0.0943. The van der Waals surface area contributed by atoms with E-state index in [-0.39, 0.29) is 25.0 Å². The van der Waals surface area contributed by atoms with E-state index in [0.717, 1.165) is 4.88 Å². The van der Waals surface area contributed by atoms with Crippen molar-refractivity contribution in [2.45, 2.75) is 12.5 Å². The van der Waals surface area contributed by atoms with Gasteiger partial charge in [-0.2, -0.15) is 9.67 Å². The van der Waals surface area contributed by atoms with Gasteiger partial charge >= 0.3 is 0 Å². The van der Waals surface area contributed by atoms with Crippen LogP contribution in [0.3, 0.4) is 0 Å². The van der Waals surface area contributed by atoms with Crippen molar-refractivity contribution in [2.24, 2.45) is 0 Å². The Hall–Kier alpha value is -2.47. The van der Waals surface area contributed by atoms with Crippen molar-refractivity contribution >= 4 is 44.8 Å². The molecule has 3 aromatic rings. The minimum Gasteiger partial charge on any atom is -0.496 e. The fourth-order valence-electron chi connectivity index (χ4n) is 3.18. The number of anilines is 1. The van der Waals surface area contributed by atoms with Crippen LogP contribution < -0.4 is 10.1 Å². The quantitative estimate of drug-likeness (QED) is 0.552. The third-order valence-corrected chi connectivity index (χ3v) is 7.35. The van der Waals surface area contributed by atoms with E-state index in [4.69, 9.17) is 16.3 Å². The summed E-state index contributed by atoms with van der Waals surface area (Å²) >= 11 is 7.42. The van der Waals surface area contributed by atoms with Crippen molar-refractivity contribution in [1.29, 1.82) is 0 Å². The number of rotatable bonds is 7. The summed E-state index contributed by atoms with van der Waals surface area (Å²) in [6.07, 6.45) is 1.17. The molecule has 0 bridgehead atoms. The van der Waals surface area contributed by atoms with Crippen LogP contribution in [0.4, 0.5) is 5.95 Å². The lowest BCUT2D eigenvalue weighted by Gasteiger charge is -2.35. The predicted molar refractivity (Wildman–Crippen MR) is 119 cm³/mol. The van der Waals surface area contributed by atoms with E-state index < -0.39 is 15.9 Å². The number of ether oxygens (including phenoxy) is 1. The molecule has 12 heteroatoms. The van der Waals surface area contributed by atoms with Crippen LogP contribution in [0.5, 0.6) is 5.75 Å². The van der Waals surface area contributed by atoms with Gasteiger partial charge in [0.25, 0.3) is 5.91 Å². The second-order valence-electron chi connectivity index (χ2n) is 7.05. The van der Waals surface area contributed by atoms with Gasteiger partial charge in [-0.15, -0.1) is 16.4 Å². The molecule has 0 aliphatic carbocycles. The number of sulfonamides is 1. The molecule has 0 radical (unpaired) electrons. The molecule has 4 rings (SSSR count). The highest BCUT2D eigenvalue weighted by Gasteiger charge is 2.37. The Labute approximate surface area is 188 Å². The maximum absolute atomic E-state index is 13.2. The summed E-state index contributed by atoms with van der Waals surface area (Å²) in [5, 5.41) is 7.56. The lowest BCUT2D eigenvalue weighted by Crippen LogP contribution is -2.48. The third kappa shape index (κ3) is 4.59. The van der Waals surface area contributed by atoms with Gasteiger partial charge in [0, 0.05) is 23.9 Å². The number of hydrogen-bond donors (Lipinski definition) is 1. The van der Waals surface area contributed by atoms with E-state index in [1.54, 1.807) is 30.3 Å². The Bertz CT molecular complexity index is 1220. The molecular formula is C19H20ClN5O4S2. The molecule has 164 valence electrons. The van der Waals surface area contributed by atoms with Crippen molar-refractivity contribution in [3.63, 3.8) is 0 Å². The molecule has 1 aliphatic rings. The van der Waals surface area contributed by atoms with Crippen LogP contribution in [0.15, 0.2) is 36.4 Å². The summed E-state index contributed by atoms with van der Waals surface area (Å²) in [4.78, 5) is 18.7. The Balaban J connectivity index is 1.63. The van der Waals surface area contributed by atoms with Gasteiger partial charge in [0.2, 0.25) is 16.0 Å². The molecule has 1 aromatic carbocycles. The van der Waals surface area contributed by atoms with Gasteiger partial charge in [0.15, 0.2) is 5.82 Å². The molecule has 0 spiro atoms. The number of nitrogens with zero attached hydrogens (tertiary/aromatic N) is 4. The van der Waals surface area contributed by atoms with E-state index in [2.05, 4.69) is 15.4 Å². The monoisotopic (exact) mass is 481 g/mol. The first-order valence-corrected chi connectivity index (χ1v) is 12.4. The van der Waals surface area contributed by atoms with Crippen LogP contribution in [0, 0.1) is 0 Å². The first-order valence-electron chi connectivity index (χ1n) is 9.34. The summed E-state index contributed by atoms with van der Waals surface area (Å²) in [7, 11) is -1.77. The van der Waals surface area contributed by atoms with E-state index in [1.807, 2.05) is 6.07 Å². The van der Waals surface area contributed by atoms with Crippen molar-refractivity contribution in [3.8, 4) is 5.75 Å². The molecule has 31 heavy (non-hydrogen) atoms. The molecule has 2 aromatic heterocycles. The molecule has 0 amide bonds. The molecule has 1 aliphatic heterocycles. The predicted octanol–water partition coefficient (Wildman–Crippen LogP) is 2.66. The number of carbonyl (C=O) groups excluding carboxylic acids is 1. The van der Waals surface area contributed by atoms with Gasteiger partial charge in [0.1, 0.15) is 5.75 Å². The van der Waals surface area contributed by atoms with Crippen molar-refractivity contribution in [3.05, 3.63) is 57.0 Å². The molecule has 0 unspecified atom stereocenters. The summed E-state index contributed by atoms with van der Waals surface area (Å²) in [5.41, 5.74) is 0.343. The fourth-order valence-corrected chi connectivity index (χ4v) is 5.11. The van der Waals surface area contributed by atoms with Crippen molar-refractivity contribution in [2.75, 3.05) is 31.8 Å². The molecule has 3 heterocycles. The third-order valence-electron chi connectivity index (χ3n) is 4.89. The maximum atomic E-state index is 13.2. The number of hydrogen-bond acceptors (Lipinski definition) is 8. The van der Waals surface area contributed by atoms with Crippen molar-refractivity contribution < 1.29 is 17.9 Å². The standard InChI is InChI=1S/C19H20ClN5O4S2/c1-29-15-6-4-3-5-14(15)18(26)25-19(21-9-13-7-8-16(20)30-13)22-17(23-25)12-10-24(11-12)31(2,27)28/h3-8,12H,9-11H2,1-2H3,(H,21,22,23). The topological polar surface area (TPSA) is 106 Å². The van der Waals surface area contributed by atoms with Gasteiger partial charge < -0.3 is 10.1 Å². The minimum atomic E-state index is -3.26. The SMILES string of the molecule is COc1ccccc1C(=O)n1nc(C2CN(S(C)(=O)=O)C2)nc1NCc1ccc(Cl)s1. The van der Waals surface area contributed by atoms with Gasteiger partial charge in [-0.1, -0.05) is 23.7 Å². The summed E-state index contributed by atoms with van der Waals surface area (Å²) in [6.45, 7) is 0.978. The summed E-state index contributed by atoms with van der Waals surface area (Å²) in [6, 6.07) is 10.6. The molecule has 0 atom stereocenters. The summed E-state index contributed by atoms with van der Waals surface area (Å²) < 4.78 is 31.9. The Morgan fingerprint density at radius 1 is 1.29 bits per heavy atom.